The minimum Gasteiger partial charge on any atom is -0.335 e. The molecule has 3 rings (SSSR count). The van der Waals surface area contributed by atoms with E-state index in [9.17, 15) is 4.39 Å². The minimum absolute atomic E-state index is 0.272. The summed E-state index contributed by atoms with van der Waals surface area (Å²) in [4.78, 5) is 4.52. The van der Waals surface area contributed by atoms with Crippen LogP contribution in [-0.2, 0) is 0 Å². The first-order valence-electron chi connectivity index (χ1n) is 6.62. The molecule has 0 saturated heterocycles. The highest BCUT2D eigenvalue weighted by molar-refractivity contribution is 9.10. The Morgan fingerprint density at radius 3 is 2.81 bits per heavy atom. The Morgan fingerprint density at radius 1 is 1.29 bits per heavy atom. The van der Waals surface area contributed by atoms with E-state index in [0.717, 1.165) is 23.0 Å². The number of nitrogens with one attached hydrogen (secondary N) is 1. The first-order chi connectivity index (χ1) is 10.1. The molecular formula is C16H14BrFN2S. The Bertz CT molecular complexity index is 688. The fraction of sp³-hybridized carbons (Fsp3) is 0.188. The summed E-state index contributed by atoms with van der Waals surface area (Å²) in [5, 5.41) is 4.40. The molecule has 1 heterocycles. The number of nitrogens with zero attached hydrogens (tertiary/aromatic N) is 1. The zero-order chi connectivity index (χ0) is 14.8. The Balaban J connectivity index is 1.72. The number of rotatable bonds is 2. The first kappa shape index (κ1) is 14.6. The second-order valence-corrected chi connectivity index (χ2v) is 6.92. The maximum absolute atomic E-state index is 13.6. The van der Waals surface area contributed by atoms with Gasteiger partial charge in [-0.3, -0.25) is 4.99 Å². The summed E-state index contributed by atoms with van der Waals surface area (Å²) in [5.74, 6) is -0.272. The van der Waals surface area contributed by atoms with Crippen molar-refractivity contribution in [1.29, 1.82) is 0 Å². The maximum Gasteiger partial charge on any atom is 0.161 e. The van der Waals surface area contributed by atoms with Gasteiger partial charge in [0.15, 0.2) is 5.17 Å². The monoisotopic (exact) mass is 364 g/mol. The Hall–Kier alpha value is -1.33. The number of aryl methyl sites for hydroxylation is 1. The van der Waals surface area contributed by atoms with Crippen LogP contribution in [0.5, 0.6) is 0 Å². The molecule has 0 saturated carbocycles. The summed E-state index contributed by atoms with van der Waals surface area (Å²) in [6.45, 7) is 2.69. The number of hydrogen-bond donors (Lipinski definition) is 1. The normalized spacial score (nSPS) is 17.7. The highest BCUT2D eigenvalue weighted by Gasteiger charge is 2.21. The summed E-state index contributed by atoms with van der Waals surface area (Å²) < 4.78 is 14.1. The van der Waals surface area contributed by atoms with Crippen molar-refractivity contribution in [3.63, 3.8) is 0 Å². The van der Waals surface area contributed by atoms with Crippen molar-refractivity contribution in [3.05, 3.63) is 63.9 Å². The van der Waals surface area contributed by atoms with E-state index < -0.39 is 0 Å². The van der Waals surface area contributed by atoms with Gasteiger partial charge in [-0.1, -0.05) is 42.1 Å². The van der Waals surface area contributed by atoms with E-state index in [2.05, 4.69) is 38.4 Å². The number of thioether (sulfide) groups is 1. The van der Waals surface area contributed by atoms with Crippen LogP contribution in [0.2, 0.25) is 0 Å². The van der Waals surface area contributed by atoms with Crippen molar-refractivity contribution >= 4 is 38.5 Å². The van der Waals surface area contributed by atoms with E-state index in [1.54, 1.807) is 17.8 Å². The number of amidine groups is 1. The molecule has 2 aromatic rings. The molecule has 1 aliphatic heterocycles. The topological polar surface area (TPSA) is 24.4 Å². The van der Waals surface area contributed by atoms with Gasteiger partial charge in [-0.05, 0) is 46.1 Å². The zero-order valence-corrected chi connectivity index (χ0v) is 13.8. The number of halogens is 2. The van der Waals surface area contributed by atoms with Crippen LogP contribution in [0, 0.1) is 12.7 Å². The molecule has 108 valence electrons. The largest absolute Gasteiger partial charge is 0.335 e. The van der Waals surface area contributed by atoms with Gasteiger partial charge in [-0.15, -0.1) is 0 Å². The number of hydrogen-bond acceptors (Lipinski definition) is 3. The Morgan fingerprint density at radius 2 is 2.05 bits per heavy atom. The van der Waals surface area contributed by atoms with E-state index in [-0.39, 0.29) is 5.82 Å². The van der Waals surface area contributed by atoms with Gasteiger partial charge in [0.2, 0.25) is 0 Å². The molecule has 1 unspecified atom stereocenters. The molecule has 0 amide bonds. The lowest BCUT2D eigenvalue weighted by molar-refractivity contribution is 0.621. The summed E-state index contributed by atoms with van der Waals surface area (Å²) in [5.41, 5.74) is 3.01. The predicted molar refractivity (Wildman–Crippen MR) is 91.5 cm³/mol. The van der Waals surface area contributed by atoms with E-state index in [1.807, 2.05) is 25.1 Å². The van der Waals surface area contributed by atoms with Crippen LogP contribution in [0.15, 0.2) is 51.9 Å². The lowest BCUT2D eigenvalue weighted by Gasteiger charge is -2.11. The second kappa shape index (κ2) is 6.20. The summed E-state index contributed by atoms with van der Waals surface area (Å²) in [6.07, 6.45) is 0. The SMILES string of the molecule is Cc1cc(Br)c(F)cc1NC1=NCC(c2ccccc2)S1. The molecule has 0 fully saturated rings. The van der Waals surface area contributed by atoms with Gasteiger partial charge >= 0.3 is 0 Å². The smallest absolute Gasteiger partial charge is 0.161 e. The van der Waals surface area contributed by atoms with Gasteiger partial charge < -0.3 is 5.32 Å². The molecule has 21 heavy (non-hydrogen) atoms. The molecule has 1 atom stereocenters. The molecule has 0 bridgehead atoms. The van der Waals surface area contributed by atoms with Gasteiger partial charge in [-0.25, -0.2) is 4.39 Å². The van der Waals surface area contributed by atoms with Crippen LogP contribution >= 0.6 is 27.7 Å². The van der Waals surface area contributed by atoms with E-state index >= 15 is 0 Å². The summed E-state index contributed by atoms with van der Waals surface area (Å²) in [6, 6.07) is 13.6. The van der Waals surface area contributed by atoms with Crippen LogP contribution in [0.3, 0.4) is 0 Å². The molecule has 5 heteroatoms. The van der Waals surface area contributed by atoms with Crippen LogP contribution < -0.4 is 5.32 Å². The van der Waals surface area contributed by atoms with Gasteiger partial charge in [0.1, 0.15) is 5.82 Å². The molecule has 0 aliphatic carbocycles. The van der Waals surface area contributed by atoms with E-state index in [0.29, 0.717) is 9.72 Å². The molecule has 1 aliphatic rings. The quantitative estimate of drug-likeness (QED) is 0.796. The molecule has 0 aromatic heterocycles. The highest BCUT2D eigenvalue weighted by Crippen LogP contribution is 2.36. The fourth-order valence-corrected chi connectivity index (χ4v) is 3.67. The van der Waals surface area contributed by atoms with Crippen molar-refractivity contribution in [2.24, 2.45) is 4.99 Å². The lowest BCUT2D eigenvalue weighted by atomic mass is 10.1. The minimum atomic E-state index is -0.272. The van der Waals surface area contributed by atoms with Gasteiger partial charge in [0.05, 0.1) is 16.3 Å². The maximum atomic E-state index is 13.6. The second-order valence-electron chi connectivity index (χ2n) is 4.87. The average molecular weight is 365 g/mol. The molecular weight excluding hydrogens is 351 g/mol. The summed E-state index contributed by atoms with van der Waals surface area (Å²) in [7, 11) is 0. The van der Waals surface area contributed by atoms with E-state index in [4.69, 9.17) is 0 Å². The molecule has 2 aromatic carbocycles. The third-order valence-electron chi connectivity index (χ3n) is 3.33. The van der Waals surface area contributed by atoms with Gasteiger partial charge in [0.25, 0.3) is 0 Å². The first-order valence-corrected chi connectivity index (χ1v) is 8.29. The highest BCUT2D eigenvalue weighted by atomic mass is 79.9. The van der Waals surface area contributed by atoms with Crippen LogP contribution in [0.25, 0.3) is 0 Å². The predicted octanol–water partition coefficient (Wildman–Crippen LogP) is 5.15. The van der Waals surface area contributed by atoms with Crippen molar-refractivity contribution in [2.75, 3.05) is 11.9 Å². The fourth-order valence-electron chi connectivity index (χ4n) is 2.18. The van der Waals surface area contributed by atoms with E-state index in [1.165, 1.54) is 11.6 Å². The third kappa shape index (κ3) is 3.30. The van der Waals surface area contributed by atoms with Crippen molar-refractivity contribution < 1.29 is 4.39 Å². The molecule has 2 nitrogen and oxygen atoms in total. The lowest BCUT2D eigenvalue weighted by Crippen LogP contribution is -2.07. The molecule has 0 spiro atoms. The van der Waals surface area contributed by atoms with Crippen LogP contribution in [-0.4, -0.2) is 11.7 Å². The van der Waals surface area contributed by atoms with Gasteiger partial charge in [-0.2, -0.15) is 0 Å². The van der Waals surface area contributed by atoms with Crippen LogP contribution in [0.4, 0.5) is 10.1 Å². The Kier molecular flexibility index (Phi) is 4.31. The van der Waals surface area contributed by atoms with Crippen LogP contribution in [0.1, 0.15) is 16.4 Å². The number of benzene rings is 2. The average Bonchev–Trinajstić information content (AvgIpc) is 2.94. The molecule has 0 radical (unpaired) electrons. The standard InChI is InChI=1S/C16H14BrFN2S/c1-10-7-12(17)13(18)8-14(10)20-16-19-9-15(21-16)11-5-3-2-4-6-11/h2-8,15H,9H2,1H3,(H,19,20). The van der Waals surface area contributed by atoms with Crippen molar-refractivity contribution in [3.8, 4) is 0 Å². The number of aliphatic imine (C=N–C) groups is 1. The Labute approximate surface area is 136 Å². The van der Waals surface area contributed by atoms with Gasteiger partial charge in [0, 0.05) is 5.69 Å². The number of anilines is 1. The zero-order valence-electron chi connectivity index (χ0n) is 11.4. The third-order valence-corrected chi connectivity index (χ3v) is 5.10. The summed E-state index contributed by atoms with van der Waals surface area (Å²) >= 11 is 4.88. The van der Waals surface area contributed by atoms with Crippen molar-refractivity contribution in [1.82, 2.24) is 0 Å². The molecule has 1 N–H and O–H groups in total. The van der Waals surface area contributed by atoms with Crippen molar-refractivity contribution in [2.45, 2.75) is 12.2 Å².